The lowest BCUT2D eigenvalue weighted by Gasteiger charge is -2.38. The Morgan fingerprint density at radius 3 is 2.62 bits per heavy atom. The van der Waals surface area contributed by atoms with Crippen molar-refractivity contribution in [3.8, 4) is 17.1 Å². The molecule has 2 N–H and O–H groups in total. The molecule has 1 fully saturated rings. The molecule has 1 aliphatic carbocycles. The van der Waals surface area contributed by atoms with E-state index in [4.69, 9.17) is 9.26 Å². The molecule has 0 saturated heterocycles. The number of aromatic nitrogens is 2. The molecule has 1 heterocycles. The van der Waals surface area contributed by atoms with E-state index in [1.807, 2.05) is 31.2 Å². The maximum Gasteiger partial charge on any atom is 0.329 e. The minimum absolute atomic E-state index is 0.0972. The van der Waals surface area contributed by atoms with Gasteiger partial charge in [-0.15, -0.1) is 0 Å². The first-order chi connectivity index (χ1) is 12.5. The number of rotatable bonds is 8. The molecule has 138 valence electrons. The number of carboxylic acids is 1. The van der Waals surface area contributed by atoms with Gasteiger partial charge in [-0.3, -0.25) is 4.79 Å². The molecule has 0 atom stereocenters. The van der Waals surface area contributed by atoms with Crippen LogP contribution in [0.3, 0.4) is 0 Å². The number of ether oxygens (including phenoxy) is 1. The van der Waals surface area contributed by atoms with Crippen LogP contribution in [0.1, 0.15) is 38.5 Å². The molecule has 1 saturated carbocycles. The van der Waals surface area contributed by atoms with Crippen LogP contribution in [0.5, 0.6) is 5.75 Å². The van der Waals surface area contributed by atoms with Crippen LogP contribution in [0.2, 0.25) is 0 Å². The van der Waals surface area contributed by atoms with Gasteiger partial charge < -0.3 is 19.7 Å². The maximum absolute atomic E-state index is 12.0. The Kier molecular flexibility index (Phi) is 5.20. The van der Waals surface area contributed by atoms with Crippen LogP contribution in [-0.4, -0.2) is 39.3 Å². The standard InChI is InChI=1S/C18H21N3O5/c1-2-25-13-6-4-12(5-7-13)16-19-15(26-21-16)9-8-14(22)20-18(17(23)24)10-3-11-18/h4-7H,2-3,8-11H2,1H3,(H,20,22)(H,23,24). The number of nitrogens with zero attached hydrogens (tertiary/aromatic N) is 2. The number of aliphatic carboxylic acids is 1. The van der Waals surface area contributed by atoms with E-state index in [-0.39, 0.29) is 18.7 Å². The van der Waals surface area contributed by atoms with Gasteiger partial charge in [-0.05, 0) is 50.5 Å². The first-order valence-electron chi connectivity index (χ1n) is 8.62. The minimum Gasteiger partial charge on any atom is -0.494 e. The highest BCUT2D eigenvalue weighted by Crippen LogP contribution is 2.32. The first kappa shape index (κ1) is 17.9. The fourth-order valence-corrected chi connectivity index (χ4v) is 2.81. The zero-order chi connectivity index (χ0) is 18.6. The Labute approximate surface area is 150 Å². The van der Waals surface area contributed by atoms with Gasteiger partial charge in [0.05, 0.1) is 6.61 Å². The van der Waals surface area contributed by atoms with Crippen LogP contribution >= 0.6 is 0 Å². The number of nitrogens with one attached hydrogen (secondary N) is 1. The second kappa shape index (κ2) is 7.55. The summed E-state index contributed by atoms with van der Waals surface area (Å²) in [6.45, 7) is 2.51. The lowest BCUT2D eigenvalue weighted by molar-refractivity contribution is -0.151. The monoisotopic (exact) mass is 359 g/mol. The average Bonchev–Trinajstić information content (AvgIpc) is 3.06. The van der Waals surface area contributed by atoms with Crippen LogP contribution in [0.15, 0.2) is 28.8 Å². The van der Waals surface area contributed by atoms with E-state index in [2.05, 4.69) is 15.5 Å². The van der Waals surface area contributed by atoms with Gasteiger partial charge >= 0.3 is 5.97 Å². The zero-order valence-corrected chi connectivity index (χ0v) is 14.5. The predicted octanol–water partition coefficient (Wildman–Crippen LogP) is 2.19. The van der Waals surface area contributed by atoms with E-state index >= 15 is 0 Å². The Morgan fingerprint density at radius 2 is 2.04 bits per heavy atom. The summed E-state index contributed by atoms with van der Waals surface area (Å²) in [7, 11) is 0. The molecular weight excluding hydrogens is 338 g/mol. The second-order valence-corrected chi connectivity index (χ2v) is 6.26. The van der Waals surface area contributed by atoms with Gasteiger partial charge in [0.2, 0.25) is 17.6 Å². The Hall–Kier alpha value is -2.90. The third-order valence-corrected chi connectivity index (χ3v) is 4.45. The number of hydrogen-bond donors (Lipinski definition) is 2. The number of carboxylic acid groups (broad SMARTS) is 1. The number of carbonyl (C=O) groups excluding carboxylic acids is 1. The minimum atomic E-state index is -1.10. The van der Waals surface area contributed by atoms with E-state index in [0.717, 1.165) is 17.7 Å². The molecule has 3 rings (SSSR count). The van der Waals surface area contributed by atoms with Crippen molar-refractivity contribution in [2.75, 3.05) is 6.61 Å². The van der Waals surface area contributed by atoms with Gasteiger partial charge in [0.1, 0.15) is 11.3 Å². The number of benzene rings is 1. The highest BCUT2D eigenvalue weighted by molar-refractivity contribution is 5.87. The lowest BCUT2D eigenvalue weighted by atomic mass is 9.76. The van der Waals surface area contributed by atoms with Crippen molar-refractivity contribution in [3.05, 3.63) is 30.2 Å². The van der Waals surface area contributed by atoms with E-state index in [1.54, 1.807) is 0 Å². The molecule has 8 heteroatoms. The van der Waals surface area contributed by atoms with Gasteiger partial charge in [-0.1, -0.05) is 5.16 Å². The summed E-state index contributed by atoms with van der Waals surface area (Å²) in [4.78, 5) is 27.6. The summed E-state index contributed by atoms with van der Waals surface area (Å²) in [6, 6.07) is 7.32. The van der Waals surface area contributed by atoms with Crippen molar-refractivity contribution >= 4 is 11.9 Å². The first-order valence-corrected chi connectivity index (χ1v) is 8.62. The third-order valence-electron chi connectivity index (χ3n) is 4.45. The van der Waals surface area contributed by atoms with Crippen molar-refractivity contribution in [2.24, 2.45) is 0 Å². The van der Waals surface area contributed by atoms with Gasteiger partial charge in [0.25, 0.3) is 0 Å². The van der Waals surface area contributed by atoms with E-state index in [1.165, 1.54) is 0 Å². The molecule has 0 aliphatic heterocycles. The topological polar surface area (TPSA) is 115 Å². The highest BCUT2D eigenvalue weighted by Gasteiger charge is 2.45. The Morgan fingerprint density at radius 1 is 1.31 bits per heavy atom. The van der Waals surface area contributed by atoms with Crippen LogP contribution in [-0.2, 0) is 16.0 Å². The van der Waals surface area contributed by atoms with Crippen molar-refractivity contribution < 1.29 is 24.0 Å². The molecule has 26 heavy (non-hydrogen) atoms. The molecule has 0 radical (unpaired) electrons. The molecule has 0 unspecified atom stereocenters. The lowest BCUT2D eigenvalue weighted by Crippen LogP contribution is -2.59. The average molecular weight is 359 g/mol. The number of amides is 1. The molecule has 1 amide bonds. The summed E-state index contributed by atoms with van der Waals surface area (Å²) >= 11 is 0. The van der Waals surface area contributed by atoms with Gasteiger partial charge in [0, 0.05) is 18.4 Å². The van der Waals surface area contributed by atoms with Crippen molar-refractivity contribution in [1.82, 2.24) is 15.5 Å². The smallest absolute Gasteiger partial charge is 0.329 e. The van der Waals surface area contributed by atoms with Crippen molar-refractivity contribution in [2.45, 2.75) is 44.6 Å². The van der Waals surface area contributed by atoms with E-state index in [0.29, 0.717) is 31.2 Å². The van der Waals surface area contributed by atoms with Gasteiger partial charge in [-0.25, -0.2) is 4.79 Å². The summed E-state index contributed by atoms with van der Waals surface area (Å²) in [5, 5.41) is 15.8. The van der Waals surface area contributed by atoms with E-state index < -0.39 is 11.5 Å². The molecule has 0 bridgehead atoms. The quantitative estimate of drug-likeness (QED) is 0.742. The maximum atomic E-state index is 12.0. The molecule has 2 aromatic rings. The molecule has 8 nitrogen and oxygen atoms in total. The molecule has 1 aromatic carbocycles. The molecule has 1 aromatic heterocycles. The zero-order valence-electron chi connectivity index (χ0n) is 14.5. The number of hydrogen-bond acceptors (Lipinski definition) is 6. The van der Waals surface area contributed by atoms with Crippen LogP contribution in [0, 0.1) is 0 Å². The number of aryl methyl sites for hydroxylation is 1. The number of carbonyl (C=O) groups is 2. The summed E-state index contributed by atoms with van der Waals surface area (Å²) in [6.07, 6.45) is 2.10. The summed E-state index contributed by atoms with van der Waals surface area (Å²) in [5.41, 5.74) is -0.313. The molecular formula is C18H21N3O5. The third kappa shape index (κ3) is 3.84. The normalized spacial score (nSPS) is 15.1. The molecule has 0 spiro atoms. The molecule has 1 aliphatic rings. The summed E-state index contributed by atoms with van der Waals surface area (Å²) < 4.78 is 10.6. The Bertz CT molecular complexity index is 780. The Balaban J connectivity index is 1.55. The van der Waals surface area contributed by atoms with Crippen LogP contribution in [0.25, 0.3) is 11.4 Å². The van der Waals surface area contributed by atoms with Crippen molar-refractivity contribution in [1.29, 1.82) is 0 Å². The SMILES string of the molecule is CCOc1ccc(-c2noc(CCC(=O)NC3(C(=O)O)CCC3)n2)cc1. The second-order valence-electron chi connectivity index (χ2n) is 6.26. The fraction of sp³-hybridized carbons (Fsp3) is 0.444. The fourth-order valence-electron chi connectivity index (χ4n) is 2.81. The van der Waals surface area contributed by atoms with Crippen molar-refractivity contribution in [3.63, 3.8) is 0 Å². The van der Waals surface area contributed by atoms with Crippen LogP contribution in [0.4, 0.5) is 0 Å². The highest BCUT2D eigenvalue weighted by atomic mass is 16.5. The predicted molar refractivity (Wildman–Crippen MR) is 91.6 cm³/mol. The summed E-state index contributed by atoms with van der Waals surface area (Å²) in [5.74, 6) is 0.229. The van der Waals surface area contributed by atoms with Gasteiger partial charge in [-0.2, -0.15) is 4.98 Å². The van der Waals surface area contributed by atoms with E-state index in [9.17, 15) is 14.7 Å². The largest absolute Gasteiger partial charge is 0.494 e. The van der Waals surface area contributed by atoms with Gasteiger partial charge in [0.15, 0.2) is 0 Å². The van der Waals surface area contributed by atoms with Crippen LogP contribution < -0.4 is 10.1 Å².